The Labute approximate surface area is 114 Å². The van der Waals surface area contributed by atoms with Gasteiger partial charge in [-0.1, -0.05) is 20.3 Å². The predicted molar refractivity (Wildman–Crippen MR) is 71.7 cm³/mol. The van der Waals surface area contributed by atoms with Gasteiger partial charge in [0.2, 0.25) is 5.91 Å². The van der Waals surface area contributed by atoms with E-state index in [9.17, 15) is 9.59 Å². The topological polar surface area (TPSA) is 69.6 Å². The minimum atomic E-state index is -0.860. The molecule has 1 saturated carbocycles. The predicted octanol–water partition coefficient (Wildman–Crippen LogP) is 0.945. The number of amides is 1. The van der Waals surface area contributed by atoms with Crippen LogP contribution < -0.4 is 5.32 Å². The van der Waals surface area contributed by atoms with E-state index in [1.807, 2.05) is 13.8 Å². The fourth-order valence-corrected chi connectivity index (χ4v) is 3.22. The summed E-state index contributed by atoms with van der Waals surface area (Å²) in [7, 11) is 0. The van der Waals surface area contributed by atoms with Gasteiger partial charge in [-0.25, -0.2) is 0 Å². The summed E-state index contributed by atoms with van der Waals surface area (Å²) in [6, 6.07) is 0. The number of hydrogen-bond donors (Lipinski definition) is 2. The van der Waals surface area contributed by atoms with Crippen molar-refractivity contribution in [2.45, 2.75) is 33.1 Å². The average molecular weight is 268 g/mol. The van der Waals surface area contributed by atoms with Crippen LogP contribution in [0.2, 0.25) is 0 Å². The standard InChI is InChI=1S/C14H24N2O3/c1-14(2)10(11(14)13(18)19)12(17)15-6-9-16-7-4-3-5-8-16/h10-11H,3-9H2,1-2H3,(H,15,17)(H,18,19)/t10-,11+/m1/s1. The first-order valence-corrected chi connectivity index (χ1v) is 7.17. The van der Waals surface area contributed by atoms with E-state index in [0.717, 1.165) is 19.6 Å². The molecule has 1 aliphatic heterocycles. The highest BCUT2D eigenvalue weighted by atomic mass is 16.4. The average Bonchev–Trinajstić information content (AvgIpc) is 2.94. The molecule has 2 N–H and O–H groups in total. The van der Waals surface area contributed by atoms with Crippen molar-refractivity contribution in [3.63, 3.8) is 0 Å². The number of aliphatic carboxylic acids is 1. The van der Waals surface area contributed by atoms with Crippen molar-refractivity contribution in [2.75, 3.05) is 26.2 Å². The van der Waals surface area contributed by atoms with Crippen LogP contribution in [-0.2, 0) is 9.59 Å². The molecule has 1 heterocycles. The molecule has 1 amide bonds. The summed E-state index contributed by atoms with van der Waals surface area (Å²) in [6.45, 7) is 7.42. The van der Waals surface area contributed by atoms with Crippen molar-refractivity contribution < 1.29 is 14.7 Å². The highest BCUT2D eigenvalue weighted by Crippen LogP contribution is 2.58. The number of carboxylic acid groups (broad SMARTS) is 1. The maximum Gasteiger partial charge on any atom is 0.307 e. The summed E-state index contributed by atoms with van der Waals surface area (Å²) in [6.07, 6.45) is 3.79. The second kappa shape index (κ2) is 5.49. The van der Waals surface area contributed by atoms with E-state index in [1.165, 1.54) is 19.3 Å². The fourth-order valence-electron chi connectivity index (χ4n) is 3.22. The van der Waals surface area contributed by atoms with Gasteiger partial charge >= 0.3 is 5.97 Å². The van der Waals surface area contributed by atoms with Crippen molar-refractivity contribution in [1.29, 1.82) is 0 Å². The largest absolute Gasteiger partial charge is 0.481 e. The van der Waals surface area contributed by atoms with Crippen molar-refractivity contribution in [2.24, 2.45) is 17.3 Å². The molecule has 0 radical (unpaired) electrons. The summed E-state index contributed by atoms with van der Waals surface area (Å²) >= 11 is 0. The number of likely N-dealkylation sites (tertiary alicyclic amines) is 1. The van der Waals surface area contributed by atoms with Crippen LogP contribution in [0.5, 0.6) is 0 Å². The number of carboxylic acids is 1. The number of piperidine rings is 1. The van der Waals surface area contributed by atoms with Crippen LogP contribution in [0, 0.1) is 17.3 Å². The van der Waals surface area contributed by atoms with Gasteiger partial charge in [0.05, 0.1) is 11.8 Å². The third-order valence-electron chi connectivity index (χ3n) is 4.55. The molecule has 0 aromatic carbocycles. The Morgan fingerprint density at radius 1 is 1.21 bits per heavy atom. The molecule has 0 spiro atoms. The van der Waals surface area contributed by atoms with Crippen LogP contribution in [0.1, 0.15) is 33.1 Å². The zero-order valence-corrected chi connectivity index (χ0v) is 11.8. The Kier molecular flexibility index (Phi) is 4.13. The van der Waals surface area contributed by atoms with Gasteiger partial charge in [0.15, 0.2) is 0 Å². The van der Waals surface area contributed by atoms with Crippen molar-refractivity contribution in [3.05, 3.63) is 0 Å². The Morgan fingerprint density at radius 3 is 2.37 bits per heavy atom. The van der Waals surface area contributed by atoms with Crippen LogP contribution in [0.3, 0.4) is 0 Å². The van der Waals surface area contributed by atoms with E-state index in [1.54, 1.807) is 0 Å². The molecular weight excluding hydrogens is 244 g/mol. The van der Waals surface area contributed by atoms with Crippen LogP contribution in [0.4, 0.5) is 0 Å². The quantitative estimate of drug-likeness (QED) is 0.779. The lowest BCUT2D eigenvalue weighted by atomic mass is 10.1. The lowest BCUT2D eigenvalue weighted by Crippen LogP contribution is -2.38. The van der Waals surface area contributed by atoms with Gasteiger partial charge in [-0.2, -0.15) is 0 Å². The van der Waals surface area contributed by atoms with Crippen molar-refractivity contribution in [3.8, 4) is 0 Å². The number of nitrogens with zero attached hydrogens (tertiary/aromatic N) is 1. The minimum absolute atomic E-state index is 0.102. The van der Waals surface area contributed by atoms with Crippen LogP contribution >= 0.6 is 0 Å². The maximum atomic E-state index is 12.0. The van der Waals surface area contributed by atoms with Gasteiger partial charge in [0.25, 0.3) is 0 Å². The van der Waals surface area contributed by atoms with E-state index < -0.39 is 17.3 Å². The van der Waals surface area contributed by atoms with Crippen LogP contribution in [-0.4, -0.2) is 48.1 Å². The Morgan fingerprint density at radius 2 is 1.84 bits per heavy atom. The second-order valence-corrected chi connectivity index (χ2v) is 6.31. The van der Waals surface area contributed by atoms with Gasteiger partial charge in [0, 0.05) is 13.1 Å². The third-order valence-corrected chi connectivity index (χ3v) is 4.55. The summed E-state index contributed by atoms with van der Waals surface area (Å²) in [4.78, 5) is 25.4. The molecule has 2 fully saturated rings. The lowest BCUT2D eigenvalue weighted by molar-refractivity contribution is -0.140. The van der Waals surface area contributed by atoms with E-state index in [2.05, 4.69) is 10.2 Å². The van der Waals surface area contributed by atoms with Crippen LogP contribution in [0.15, 0.2) is 0 Å². The molecule has 0 bridgehead atoms. The molecule has 0 aromatic heterocycles. The zero-order valence-electron chi connectivity index (χ0n) is 11.8. The summed E-state index contributed by atoms with van der Waals surface area (Å²) in [5.74, 6) is -1.86. The van der Waals surface area contributed by atoms with Gasteiger partial charge in [-0.15, -0.1) is 0 Å². The van der Waals surface area contributed by atoms with E-state index >= 15 is 0 Å². The number of nitrogens with one attached hydrogen (secondary N) is 1. The second-order valence-electron chi connectivity index (χ2n) is 6.31. The van der Waals surface area contributed by atoms with E-state index in [0.29, 0.717) is 6.54 Å². The number of carbonyl (C=O) groups excluding carboxylic acids is 1. The summed E-state index contributed by atoms with van der Waals surface area (Å²) in [5, 5.41) is 11.9. The Bertz CT molecular complexity index is 362. The van der Waals surface area contributed by atoms with Crippen molar-refractivity contribution >= 4 is 11.9 Å². The van der Waals surface area contributed by atoms with E-state index in [-0.39, 0.29) is 11.8 Å². The van der Waals surface area contributed by atoms with Gasteiger partial charge in [0.1, 0.15) is 0 Å². The smallest absolute Gasteiger partial charge is 0.307 e. The summed E-state index contributed by atoms with van der Waals surface area (Å²) in [5.41, 5.74) is -0.402. The SMILES string of the molecule is CC1(C)[C@H](C(=O)O)[C@@H]1C(=O)NCCN1CCCCC1. The first-order valence-electron chi connectivity index (χ1n) is 7.17. The molecule has 0 aromatic rings. The molecule has 5 heteroatoms. The monoisotopic (exact) mass is 268 g/mol. The highest BCUT2D eigenvalue weighted by molar-refractivity contribution is 5.91. The minimum Gasteiger partial charge on any atom is -0.481 e. The molecular formula is C14H24N2O3. The molecule has 0 unspecified atom stereocenters. The van der Waals surface area contributed by atoms with Gasteiger partial charge < -0.3 is 15.3 Å². The molecule has 2 rings (SSSR count). The lowest BCUT2D eigenvalue weighted by Gasteiger charge is -2.26. The molecule has 2 aliphatic rings. The van der Waals surface area contributed by atoms with Crippen LogP contribution in [0.25, 0.3) is 0 Å². The molecule has 19 heavy (non-hydrogen) atoms. The first-order chi connectivity index (χ1) is 8.94. The normalized spacial score (nSPS) is 29.8. The number of hydrogen-bond acceptors (Lipinski definition) is 3. The first kappa shape index (κ1) is 14.3. The Hall–Kier alpha value is -1.10. The molecule has 5 nitrogen and oxygen atoms in total. The van der Waals surface area contributed by atoms with Crippen molar-refractivity contribution in [1.82, 2.24) is 10.2 Å². The Balaban J connectivity index is 1.72. The fraction of sp³-hybridized carbons (Fsp3) is 0.857. The number of carbonyl (C=O) groups is 2. The van der Waals surface area contributed by atoms with Gasteiger partial charge in [-0.05, 0) is 31.3 Å². The molecule has 2 atom stereocenters. The highest BCUT2D eigenvalue weighted by Gasteiger charge is 2.65. The summed E-state index contributed by atoms with van der Waals surface area (Å²) < 4.78 is 0. The molecule has 1 saturated heterocycles. The van der Waals surface area contributed by atoms with E-state index in [4.69, 9.17) is 5.11 Å². The third kappa shape index (κ3) is 3.08. The van der Waals surface area contributed by atoms with Gasteiger partial charge in [-0.3, -0.25) is 9.59 Å². The maximum absolute atomic E-state index is 12.0. The molecule has 108 valence electrons. The zero-order chi connectivity index (χ0) is 14.0. The molecule has 1 aliphatic carbocycles. The number of rotatable bonds is 5.